The van der Waals surface area contributed by atoms with Crippen LogP contribution in [0.3, 0.4) is 0 Å². The lowest BCUT2D eigenvalue weighted by Gasteiger charge is -1.91. The molecule has 0 saturated heterocycles. The molecule has 0 aromatic heterocycles. The zero-order chi connectivity index (χ0) is 7.11. The molecule has 0 spiro atoms. The number of rotatable bonds is 3. The first kappa shape index (κ1) is 8.83. The van der Waals surface area contributed by atoms with Gasteiger partial charge in [-0.25, -0.2) is 0 Å². The molecule has 0 heterocycles. The molecule has 0 aliphatic rings. The molecule has 0 aromatic carbocycles. The fraction of sp³-hybridized carbons (Fsp3) is 0.500. The normalized spacial score (nSPS) is 13.0. The molecule has 52 valence electrons. The van der Waals surface area contributed by atoms with Crippen LogP contribution in [0.25, 0.3) is 0 Å². The maximum Gasteiger partial charge on any atom is 0.00232 e. The van der Waals surface area contributed by atoms with Gasteiger partial charge in [0.25, 0.3) is 0 Å². The third-order valence-electron chi connectivity index (χ3n) is 1.04. The van der Waals surface area contributed by atoms with E-state index in [0.29, 0.717) is 0 Å². The van der Waals surface area contributed by atoms with Crippen molar-refractivity contribution in [2.75, 3.05) is 6.26 Å². The summed E-state index contributed by atoms with van der Waals surface area (Å²) in [5, 5.41) is 0. The topological polar surface area (TPSA) is 0 Å². The van der Waals surface area contributed by atoms with E-state index in [4.69, 9.17) is 0 Å². The molecule has 0 nitrogen and oxygen atoms in total. The number of hydrogen-bond acceptors (Lipinski definition) is 1. The molecular weight excluding hydrogens is 128 g/mol. The van der Waals surface area contributed by atoms with Crippen molar-refractivity contribution < 1.29 is 0 Å². The van der Waals surface area contributed by atoms with Crippen LogP contribution in [0.15, 0.2) is 23.1 Å². The summed E-state index contributed by atoms with van der Waals surface area (Å²) in [5.41, 5.74) is 0. The Morgan fingerprint density at radius 2 is 2.22 bits per heavy atom. The second kappa shape index (κ2) is 5.96. The Kier molecular flexibility index (Phi) is 5.85. The van der Waals surface area contributed by atoms with Crippen LogP contribution in [-0.2, 0) is 0 Å². The Morgan fingerprint density at radius 1 is 1.56 bits per heavy atom. The lowest BCUT2D eigenvalue weighted by atomic mass is 10.4. The highest BCUT2D eigenvalue weighted by molar-refractivity contribution is 8.02. The number of hydrogen-bond donors (Lipinski definition) is 0. The zero-order valence-electron chi connectivity index (χ0n) is 6.35. The predicted octanol–water partition coefficient (Wildman–Crippen LogP) is 3.22. The van der Waals surface area contributed by atoms with Crippen LogP contribution in [0, 0.1) is 0 Å². The molecule has 0 amide bonds. The van der Waals surface area contributed by atoms with Crippen LogP contribution in [0.4, 0.5) is 0 Å². The monoisotopic (exact) mass is 142 g/mol. The highest BCUT2D eigenvalue weighted by Gasteiger charge is 1.81. The highest BCUT2D eigenvalue weighted by atomic mass is 32.2. The second-order valence-electron chi connectivity index (χ2n) is 1.71. The Hall–Kier alpha value is -0.170. The van der Waals surface area contributed by atoms with E-state index in [1.54, 1.807) is 11.8 Å². The first-order chi connectivity index (χ1) is 4.35. The van der Waals surface area contributed by atoms with Crippen molar-refractivity contribution in [3.05, 3.63) is 23.1 Å². The van der Waals surface area contributed by atoms with Gasteiger partial charge in [-0.2, -0.15) is 0 Å². The minimum absolute atomic E-state index is 1.12. The van der Waals surface area contributed by atoms with Crippen LogP contribution in [0.2, 0.25) is 0 Å². The third-order valence-corrected chi connectivity index (χ3v) is 1.88. The van der Waals surface area contributed by atoms with Crippen molar-refractivity contribution >= 4 is 11.8 Å². The summed E-state index contributed by atoms with van der Waals surface area (Å²) in [6.07, 6.45) is 9.67. The van der Waals surface area contributed by atoms with E-state index in [0.717, 1.165) is 6.42 Å². The molecule has 1 heteroatoms. The van der Waals surface area contributed by atoms with Crippen LogP contribution in [0.5, 0.6) is 0 Å². The Balaban J connectivity index is 3.70. The highest BCUT2D eigenvalue weighted by Crippen LogP contribution is 2.11. The summed E-state index contributed by atoms with van der Waals surface area (Å²) in [6, 6.07) is 0. The zero-order valence-corrected chi connectivity index (χ0v) is 7.16. The van der Waals surface area contributed by atoms with Gasteiger partial charge in [0, 0.05) is 4.91 Å². The predicted molar refractivity (Wildman–Crippen MR) is 46.7 cm³/mol. The van der Waals surface area contributed by atoms with Crippen LogP contribution in [-0.4, -0.2) is 6.26 Å². The molecule has 0 fully saturated rings. The van der Waals surface area contributed by atoms with E-state index >= 15 is 0 Å². The molecule has 0 bridgehead atoms. The summed E-state index contributed by atoms with van der Waals surface area (Å²) < 4.78 is 0. The fourth-order valence-electron chi connectivity index (χ4n) is 0.516. The van der Waals surface area contributed by atoms with Gasteiger partial charge >= 0.3 is 0 Å². The first-order valence-electron chi connectivity index (χ1n) is 3.22. The molecule has 0 radical (unpaired) electrons. The Bertz CT molecular complexity index is 112. The Morgan fingerprint density at radius 3 is 2.56 bits per heavy atom. The number of allylic oxidation sites excluding steroid dienone is 3. The quantitative estimate of drug-likeness (QED) is 0.545. The van der Waals surface area contributed by atoms with Crippen LogP contribution >= 0.6 is 11.8 Å². The second-order valence-corrected chi connectivity index (χ2v) is 2.59. The summed E-state index contributed by atoms with van der Waals surface area (Å²) in [6.45, 7) is 4.20. The SMILES string of the molecule is CC=C(C=CCC)SC. The molecule has 0 aliphatic carbocycles. The Labute approximate surface area is 62.0 Å². The smallest absolute Gasteiger partial charge is 0.00232 e. The molecule has 0 unspecified atom stereocenters. The van der Waals surface area contributed by atoms with E-state index in [-0.39, 0.29) is 0 Å². The van der Waals surface area contributed by atoms with E-state index < -0.39 is 0 Å². The summed E-state index contributed by atoms with van der Waals surface area (Å²) in [5.74, 6) is 0. The lowest BCUT2D eigenvalue weighted by Crippen LogP contribution is -1.64. The van der Waals surface area contributed by atoms with Crippen LogP contribution in [0.1, 0.15) is 20.3 Å². The van der Waals surface area contributed by atoms with Crippen molar-refractivity contribution in [3.8, 4) is 0 Å². The maximum atomic E-state index is 2.17. The summed E-state index contributed by atoms with van der Waals surface area (Å²) in [4.78, 5) is 1.34. The van der Waals surface area contributed by atoms with E-state index in [1.807, 2.05) is 0 Å². The molecular formula is C8H14S. The van der Waals surface area contributed by atoms with Crippen molar-refractivity contribution in [1.82, 2.24) is 0 Å². The first-order valence-corrected chi connectivity index (χ1v) is 4.44. The van der Waals surface area contributed by atoms with Gasteiger partial charge in [0.2, 0.25) is 0 Å². The van der Waals surface area contributed by atoms with Gasteiger partial charge in [0.05, 0.1) is 0 Å². The largest absolute Gasteiger partial charge is 0.130 e. The van der Waals surface area contributed by atoms with Crippen molar-refractivity contribution in [2.24, 2.45) is 0 Å². The van der Waals surface area contributed by atoms with Gasteiger partial charge in [0.1, 0.15) is 0 Å². The van der Waals surface area contributed by atoms with Gasteiger partial charge in [-0.1, -0.05) is 25.2 Å². The number of thioether (sulfide) groups is 1. The lowest BCUT2D eigenvalue weighted by molar-refractivity contribution is 1.22. The van der Waals surface area contributed by atoms with Gasteiger partial charge in [-0.3, -0.25) is 0 Å². The van der Waals surface area contributed by atoms with Crippen LogP contribution < -0.4 is 0 Å². The summed E-state index contributed by atoms with van der Waals surface area (Å²) >= 11 is 1.78. The average molecular weight is 142 g/mol. The van der Waals surface area contributed by atoms with Crippen molar-refractivity contribution in [2.45, 2.75) is 20.3 Å². The molecule has 9 heavy (non-hydrogen) atoms. The van der Waals surface area contributed by atoms with Gasteiger partial charge in [-0.05, 0) is 19.6 Å². The third kappa shape index (κ3) is 4.34. The molecule has 0 aliphatic heterocycles. The van der Waals surface area contributed by atoms with E-state index in [1.165, 1.54) is 4.91 Å². The van der Waals surface area contributed by atoms with E-state index in [2.05, 4.69) is 38.3 Å². The van der Waals surface area contributed by atoms with E-state index in [9.17, 15) is 0 Å². The minimum atomic E-state index is 1.12. The fourth-order valence-corrected chi connectivity index (χ4v) is 0.984. The molecule has 0 atom stereocenters. The molecule has 0 N–H and O–H groups in total. The van der Waals surface area contributed by atoms with Gasteiger partial charge in [-0.15, -0.1) is 11.8 Å². The van der Waals surface area contributed by atoms with Crippen molar-refractivity contribution in [3.63, 3.8) is 0 Å². The standard InChI is InChI=1S/C8H14S/c1-4-6-7-8(5-2)9-3/h5-7H,4H2,1-3H3. The minimum Gasteiger partial charge on any atom is -0.130 e. The van der Waals surface area contributed by atoms with Gasteiger partial charge < -0.3 is 0 Å². The maximum absolute atomic E-state index is 2.17. The average Bonchev–Trinajstić information content (AvgIpc) is 1.91. The summed E-state index contributed by atoms with van der Waals surface area (Å²) in [7, 11) is 0. The van der Waals surface area contributed by atoms with Crippen molar-refractivity contribution in [1.29, 1.82) is 0 Å². The van der Waals surface area contributed by atoms with Gasteiger partial charge in [0.15, 0.2) is 0 Å². The molecule has 0 rings (SSSR count). The molecule has 0 aromatic rings. The molecule has 0 saturated carbocycles.